The van der Waals surface area contributed by atoms with Gasteiger partial charge in [0.25, 0.3) is 0 Å². The van der Waals surface area contributed by atoms with E-state index in [0.717, 1.165) is 50.3 Å². The predicted molar refractivity (Wildman–Crippen MR) is 114 cm³/mol. The second kappa shape index (κ2) is 7.35. The molecule has 0 spiro atoms. The number of nitrogens with one attached hydrogen (secondary N) is 1. The van der Waals surface area contributed by atoms with E-state index in [0.29, 0.717) is 12.8 Å². The number of fused-ring (bicyclic) bond motifs is 2. The Balaban J connectivity index is 1.47. The summed E-state index contributed by atoms with van der Waals surface area (Å²) in [6.45, 7) is 8.03. The summed E-state index contributed by atoms with van der Waals surface area (Å²) in [7, 11) is 1.91. The van der Waals surface area contributed by atoms with Crippen molar-refractivity contribution in [1.29, 1.82) is 0 Å². The molecule has 0 bridgehead atoms. The SMILES string of the molecule is Cc1nc2c(c(C)nn2C)c(C)c1CCC(=O)NC(C)c1cc2ccccc2o1. The van der Waals surface area contributed by atoms with Gasteiger partial charge in [-0.25, -0.2) is 4.98 Å². The number of carbonyl (C=O) groups excluding carboxylic acids is 1. The van der Waals surface area contributed by atoms with Gasteiger partial charge in [-0.2, -0.15) is 5.10 Å². The van der Waals surface area contributed by atoms with Crippen molar-refractivity contribution in [1.82, 2.24) is 20.1 Å². The molecule has 3 aromatic heterocycles. The molecule has 1 N–H and O–H groups in total. The van der Waals surface area contributed by atoms with Gasteiger partial charge < -0.3 is 9.73 Å². The monoisotopic (exact) mass is 390 g/mol. The Kier molecular flexibility index (Phi) is 4.86. The number of benzene rings is 1. The van der Waals surface area contributed by atoms with Crippen LogP contribution in [0.25, 0.3) is 22.0 Å². The zero-order valence-electron chi connectivity index (χ0n) is 17.5. The van der Waals surface area contributed by atoms with Crippen LogP contribution >= 0.6 is 0 Å². The van der Waals surface area contributed by atoms with Crippen molar-refractivity contribution in [3.05, 3.63) is 58.6 Å². The van der Waals surface area contributed by atoms with Crippen LogP contribution in [0.4, 0.5) is 0 Å². The van der Waals surface area contributed by atoms with Crippen molar-refractivity contribution in [3.63, 3.8) is 0 Å². The first-order valence-corrected chi connectivity index (χ1v) is 9.92. The van der Waals surface area contributed by atoms with Gasteiger partial charge in [-0.1, -0.05) is 18.2 Å². The number of rotatable bonds is 5. The molecule has 0 aliphatic rings. The minimum absolute atomic E-state index is 0.000221. The van der Waals surface area contributed by atoms with Gasteiger partial charge in [0.15, 0.2) is 5.65 Å². The van der Waals surface area contributed by atoms with Gasteiger partial charge >= 0.3 is 0 Å². The van der Waals surface area contributed by atoms with E-state index < -0.39 is 0 Å². The molecule has 4 rings (SSSR count). The zero-order valence-corrected chi connectivity index (χ0v) is 17.5. The van der Waals surface area contributed by atoms with E-state index in [2.05, 4.69) is 17.3 Å². The van der Waals surface area contributed by atoms with Crippen LogP contribution in [0.5, 0.6) is 0 Å². The molecule has 150 valence electrons. The zero-order chi connectivity index (χ0) is 20.7. The van der Waals surface area contributed by atoms with Crippen LogP contribution in [0.2, 0.25) is 0 Å². The van der Waals surface area contributed by atoms with Crippen molar-refractivity contribution in [2.75, 3.05) is 0 Å². The maximum Gasteiger partial charge on any atom is 0.220 e. The summed E-state index contributed by atoms with van der Waals surface area (Å²) >= 11 is 0. The number of hydrogen-bond donors (Lipinski definition) is 1. The Bertz CT molecular complexity index is 1190. The molecule has 0 aliphatic carbocycles. The van der Waals surface area contributed by atoms with Gasteiger partial charge in [-0.3, -0.25) is 9.48 Å². The minimum Gasteiger partial charge on any atom is -0.459 e. The summed E-state index contributed by atoms with van der Waals surface area (Å²) in [6, 6.07) is 9.66. The number of aryl methyl sites for hydroxylation is 4. The standard InChI is InChI=1S/C23H26N4O2/c1-13-18(14(2)25-23-22(13)16(4)26-27(23)5)10-11-21(28)24-15(3)20-12-17-8-6-7-9-19(17)29-20/h6-9,12,15H,10-11H2,1-5H3,(H,24,28). The number of nitrogens with zero attached hydrogens (tertiary/aromatic N) is 3. The van der Waals surface area contributed by atoms with E-state index in [9.17, 15) is 4.79 Å². The first kappa shape index (κ1) is 19.2. The van der Waals surface area contributed by atoms with E-state index in [1.165, 1.54) is 0 Å². The second-order valence-corrected chi connectivity index (χ2v) is 7.68. The molecular weight excluding hydrogens is 364 g/mol. The molecule has 29 heavy (non-hydrogen) atoms. The predicted octanol–water partition coefficient (Wildman–Crippen LogP) is 4.45. The number of hydrogen-bond acceptors (Lipinski definition) is 4. The molecule has 1 unspecified atom stereocenters. The highest BCUT2D eigenvalue weighted by Gasteiger charge is 2.18. The van der Waals surface area contributed by atoms with Gasteiger partial charge in [0.1, 0.15) is 11.3 Å². The normalized spacial score (nSPS) is 12.6. The van der Waals surface area contributed by atoms with Gasteiger partial charge in [-0.15, -0.1) is 0 Å². The van der Waals surface area contributed by atoms with Crippen LogP contribution in [0, 0.1) is 20.8 Å². The fraction of sp³-hybridized carbons (Fsp3) is 0.348. The first-order chi connectivity index (χ1) is 13.8. The van der Waals surface area contributed by atoms with Gasteiger partial charge in [-0.05, 0) is 57.4 Å². The lowest BCUT2D eigenvalue weighted by Crippen LogP contribution is -2.26. The highest BCUT2D eigenvalue weighted by molar-refractivity contribution is 5.84. The third-order valence-electron chi connectivity index (χ3n) is 5.58. The molecule has 0 radical (unpaired) electrons. The van der Waals surface area contributed by atoms with Crippen LogP contribution in [0.15, 0.2) is 34.7 Å². The summed E-state index contributed by atoms with van der Waals surface area (Å²) in [4.78, 5) is 17.3. The van der Waals surface area contributed by atoms with E-state index in [-0.39, 0.29) is 11.9 Å². The summed E-state index contributed by atoms with van der Waals surface area (Å²) in [5.41, 5.74) is 5.94. The second-order valence-electron chi connectivity index (χ2n) is 7.68. The van der Waals surface area contributed by atoms with Crippen molar-refractivity contribution < 1.29 is 9.21 Å². The minimum atomic E-state index is -0.182. The maximum atomic E-state index is 12.6. The van der Waals surface area contributed by atoms with Crippen molar-refractivity contribution in [3.8, 4) is 0 Å². The molecule has 0 fully saturated rings. The van der Waals surface area contributed by atoms with E-state index >= 15 is 0 Å². The molecule has 6 heteroatoms. The largest absolute Gasteiger partial charge is 0.459 e. The molecule has 0 saturated carbocycles. The van der Waals surface area contributed by atoms with E-state index in [1.54, 1.807) is 0 Å². The summed E-state index contributed by atoms with van der Waals surface area (Å²) in [5, 5.41) is 9.66. The van der Waals surface area contributed by atoms with E-state index in [1.807, 2.05) is 62.8 Å². The Morgan fingerprint density at radius 2 is 1.97 bits per heavy atom. The number of para-hydroxylation sites is 1. The number of amides is 1. The van der Waals surface area contributed by atoms with Crippen LogP contribution in [-0.2, 0) is 18.3 Å². The average molecular weight is 390 g/mol. The smallest absolute Gasteiger partial charge is 0.220 e. The third-order valence-corrected chi connectivity index (χ3v) is 5.58. The average Bonchev–Trinajstić information content (AvgIpc) is 3.22. The van der Waals surface area contributed by atoms with Crippen LogP contribution in [0.3, 0.4) is 0 Å². The molecule has 1 amide bonds. The number of carbonyl (C=O) groups is 1. The first-order valence-electron chi connectivity index (χ1n) is 9.92. The maximum absolute atomic E-state index is 12.6. The topological polar surface area (TPSA) is 73.0 Å². The quantitative estimate of drug-likeness (QED) is 0.546. The van der Waals surface area contributed by atoms with Crippen molar-refractivity contribution in [2.24, 2.45) is 7.05 Å². The van der Waals surface area contributed by atoms with Gasteiger partial charge in [0.2, 0.25) is 5.91 Å². The fourth-order valence-electron chi connectivity index (χ4n) is 4.07. The third kappa shape index (κ3) is 3.50. The van der Waals surface area contributed by atoms with E-state index in [4.69, 9.17) is 9.40 Å². The van der Waals surface area contributed by atoms with Crippen molar-refractivity contribution in [2.45, 2.75) is 46.6 Å². The summed E-state index contributed by atoms with van der Waals surface area (Å²) in [6.07, 6.45) is 1.05. The summed E-state index contributed by atoms with van der Waals surface area (Å²) in [5.74, 6) is 0.765. The molecule has 1 atom stereocenters. The lowest BCUT2D eigenvalue weighted by Gasteiger charge is -2.13. The van der Waals surface area contributed by atoms with Crippen LogP contribution < -0.4 is 5.32 Å². The Hall–Kier alpha value is -3.15. The Labute approximate surface area is 169 Å². The molecule has 0 aliphatic heterocycles. The van der Waals surface area contributed by atoms with Crippen LogP contribution in [0.1, 0.15) is 47.7 Å². The molecular formula is C23H26N4O2. The highest BCUT2D eigenvalue weighted by atomic mass is 16.3. The highest BCUT2D eigenvalue weighted by Crippen LogP contribution is 2.26. The Morgan fingerprint density at radius 1 is 1.21 bits per heavy atom. The lowest BCUT2D eigenvalue weighted by molar-refractivity contribution is -0.121. The number of furan rings is 1. The summed E-state index contributed by atoms with van der Waals surface area (Å²) < 4.78 is 7.68. The molecule has 6 nitrogen and oxygen atoms in total. The fourth-order valence-corrected chi connectivity index (χ4v) is 4.07. The van der Waals surface area contributed by atoms with Crippen molar-refractivity contribution >= 4 is 27.9 Å². The van der Waals surface area contributed by atoms with Gasteiger partial charge in [0, 0.05) is 29.9 Å². The number of aromatic nitrogens is 3. The molecule has 3 heterocycles. The van der Waals surface area contributed by atoms with Gasteiger partial charge in [0.05, 0.1) is 11.7 Å². The molecule has 4 aromatic rings. The molecule has 1 aromatic carbocycles. The Morgan fingerprint density at radius 3 is 2.72 bits per heavy atom. The lowest BCUT2D eigenvalue weighted by atomic mass is 9.99. The van der Waals surface area contributed by atoms with Crippen LogP contribution in [-0.4, -0.2) is 20.7 Å². The molecule has 0 saturated heterocycles. The number of pyridine rings is 1.